The topological polar surface area (TPSA) is 59.4 Å². The monoisotopic (exact) mass is 385 g/mol. The van der Waals surface area contributed by atoms with Gasteiger partial charge in [-0.25, -0.2) is 9.78 Å². The molecule has 1 aliphatic carbocycles. The molecule has 0 fully saturated rings. The van der Waals surface area contributed by atoms with Gasteiger partial charge in [-0.05, 0) is 78.3 Å². The minimum Gasteiger partial charge on any atom is -0.489 e. The Morgan fingerprint density at radius 2 is 1.79 bits per heavy atom. The average molecular weight is 385 g/mol. The highest BCUT2D eigenvalue weighted by Gasteiger charge is 2.20. The Kier molecular flexibility index (Phi) is 5.43. The van der Waals surface area contributed by atoms with E-state index in [1.165, 1.54) is 22.8 Å². The summed E-state index contributed by atoms with van der Waals surface area (Å²) >= 11 is 0. The molecule has 146 valence electrons. The number of pyridine rings is 1. The molecule has 0 atom stereocenters. The molecule has 4 heteroatoms. The normalized spacial score (nSPS) is 13.6. The molecule has 29 heavy (non-hydrogen) atoms. The van der Waals surface area contributed by atoms with Crippen molar-refractivity contribution in [3.63, 3.8) is 0 Å². The number of aromatic nitrogens is 1. The van der Waals surface area contributed by atoms with Crippen molar-refractivity contribution in [3.05, 3.63) is 94.8 Å². The van der Waals surface area contributed by atoms with E-state index in [1.807, 2.05) is 30.3 Å². The van der Waals surface area contributed by atoms with Crippen LogP contribution in [0.25, 0.3) is 11.1 Å². The van der Waals surface area contributed by atoms with Gasteiger partial charge < -0.3 is 9.84 Å². The van der Waals surface area contributed by atoms with Crippen molar-refractivity contribution in [3.8, 4) is 5.75 Å². The summed E-state index contributed by atoms with van der Waals surface area (Å²) in [6, 6.07) is 21.5. The van der Waals surface area contributed by atoms with Gasteiger partial charge in [-0.3, -0.25) is 0 Å². The van der Waals surface area contributed by atoms with Crippen LogP contribution < -0.4 is 4.74 Å². The summed E-state index contributed by atoms with van der Waals surface area (Å²) in [5.41, 5.74) is 6.69. The maximum atomic E-state index is 11.3. The molecule has 0 saturated carbocycles. The van der Waals surface area contributed by atoms with Crippen molar-refractivity contribution in [2.45, 2.75) is 32.8 Å². The summed E-state index contributed by atoms with van der Waals surface area (Å²) in [5.74, 6) is -0.171. The number of aryl methyl sites for hydroxylation is 1. The first-order valence-electron chi connectivity index (χ1n) is 9.82. The maximum absolute atomic E-state index is 11.3. The van der Waals surface area contributed by atoms with Crippen LogP contribution >= 0.6 is 0 Å². The van der Waals surface area contributed by atoms with E-state index < -0.39 is 5.97 Å². The van der Waals surface area contributed by atoms with Crippen LogP contribution in [0.4, 0.5) is 0 Å². The molecule has 0 spiro atoms. The summed E-state index contributed by atoms with van der Waals surface area (Å²) < 4.78 is 6.05. The van der Waals surface area contributed by atoms with Gasteiger partial charge in [0.05, 0.1) is 5.69 Å². The smallest absolute Gasteiger partial charge is 0.354 e. The number of hydrogen-bond acceptors (Lipinski definition) is 3. The highest BCUT2D eigenvalue weighted by Crippen LogP contribution is 2.40. The number of carboxylic acids is 1. The number of ether oxygens (including phenoxy) is 1. The van der Waals surface area contributed by atoms with E-state index in [4.69, 9.17) is 4.74 Å². The Morgan fingerprint density at radius 1 is 1.00 bits per heavy atom. The molecule has 0 bridgehead atoms. The van der Waals surface area contributed by atoms with Gasteiger partial charge in [-0.1, -0.05) is 42.5 Å². The lowest BCUT2D eigenvalue weighted by Gasteiger charge is -2.12. The van der Waals surface area contributed by atoms with Gasteiger partial charge >= 0.3 is 5.97 Å². The first-order chi connectivity index (χ1) is 14.1. The number of aromatic carboxylic acids is 1. The summed E-state index contributed by atoms with van der Waals surface area (Å²) in [6.07, 6.45) is 2.90. The lowest BCUT2D eigenvalue weighted by molar-refractivity contribution is 0.0690. The predicted octanol–water partition coefficient (Wildman–Crippen LogP) is 5.76. The van der Waals surface area contributed by atoms with E-state index in [0.717, 1.165) is 41.8 Å². The number of carbonyl (C=O) groups is 1. The second-order valence-corrected chi connectivity index (χ2v) is 7.27. The van der Waals surface area contributed by atoms with Crippen molar-refractivity contribution in [2.75, 3.05) is 0 Å². The quantitative estimate of drug-likeness (QED) is 0.586. The van der Waals surface area contributed by atoms with E-state index in [9.17, 15) is 9.90 Å². The fourth-order valence-corrected chi connectivity index (χ4v) is 3.77. The van der Waals surface area contributed by atoms with Crippen molar-refractivity contribution in [1.82, 2.24) is 4.98 Å². The standard InChI is InChI=1S/C25H23NO3/c1-17-7-2-3-8-19(17)16-29-20-10-4-9-18(15-20)21-11-5-12-22(21)23-13-6-14-24(26-23)25(27)28/h2-4,6-10,13-15H,5,11-12,16H2,1H3,(H,27,28). The molecular formula is C25H23NO3. The lowest BCUT2D eigenvalue weighted by Crippen LogP contribution is -2.02. The number of benzene rings is 2. The van der Waals surface area contributed by atoms with Gasteiger partial charge in [0.2, 0.25) is 0 Å². The Balaban J connectivity index is 1.61. The molecule has 1 aromatic heterocycles. The Bertz CT molecular complexity index is 1080. The van der Waals surface area contributed by atoms with E-state index >= 15 is 0 Å². The van der Waals surface area contributed by atoms with Crippen LogP contribution in [0.15, 0.2) is 66.7 Å². The zero-order chi connectivity index (χ0) is 20.2. The van der Waals surface area contributed by atoms with Crippen LogP contribution in [0.1, 0.15) is 52.1 Å². The zero-order valence-electron chi connectivity index (χ0n) is 16.4. The number of hydrogen-bond donors (Lipinski definition) is 1. The van der Waals surface area contributed by atoms with Gasteiger partial charge in [-0.2, -0.15) is 0 Å². The van der Waals surface area contributed by atoms with E-state index in [1.54, 1.807) is 6.07 Å². The summed E-state index contributed by atoms with van der Waals surface area (Å²) in [7, 11) is 0. The van der Waals surface area contributed by atoms with Crippen LogP contribution in [0.5, 0.6) is 5.75 Å². The molecule has 0 radical (unpaired) electrons. The summed E-state index contributed by atoms with van der Waals surface area (Å²) in [6.45, 7) is 2.62. The molecule has 0 amide bonds. The average Bonchev–Trinajstić information content (AvgIpc) is 3.23. The fourth-order valence-electron chi connectivity index (χ4n) is 3.77. The number of allylic oxidation sites excluding steroid dienone is 2. The second kappa shape index (κ2) is 8.31. The molecule has 0 saturated heterocycles. The molecule has 4 rings (SSSR count). The molecule has 0 unspecified atom stereocenters. The number of rotatable bonds is 6. The highest BCUT2D eigenvalue weighted by atomic mass is 16.5. The predicted molar refractivity (Wildman–Crippen MR) is 114 cm³/mol. The highest BCUT2D eigenvalue weighted by molar-refractivity contribution is 5.93. The minimum atomic E-state index is -1.00. The van der Waals surface area contributed by atoms with Crippen molar-refractivity contribution >= 4 is 17.1 Å². The van der Waals surface area contributed by atoms with E-state index in [2.05, 4.69) is 36.2 Å². The van der Waals surface area contributed by atoms with Gasteiger partial charge in [-0.15, -0.1) is 0 Å². The van der Waals surface area contributed by atoms with Crippen LogP contribution in [-0.2, 0) is 6.61 Å². The third kappa shape index (κ3) is 4.21. The SMILES string of the molecule is Cc1ccccc1COc1cccc(C2=C(c3cccc(C(=O)O)n3)CCC2)c1. The van der Waals surface area contributed by atoms with E-state index in [0.29, 0.717) is 6.61 Å². The molecule has 1 N–H and O–H groups in total. The van der Waals surface area contributed by atoms with Gasteiger partial charge in [0, 0.05) is 0 Å². The minimum absolute atomic E-state index is 0.0802. The Hall–Kier alpha value is -3.40. The van der Waals surface area contributed by atoms with Crippen LogP contribution in [0, 0.1) is 6.92 Å². The molecule has 1 aliphatic rings. The van der Waals surface area contributed by atoms with Crippen molar-refractivity contribution < 1.29 is 14.6 Å². The summed E-state index contributed by atoms with van der Waals surface area (Å²) in [4.78, 5) is 15.6. The molecule has 4 nitrogen and oxygen atoms in total. The third-order valence-corrected chi connectivity index (χ3v) is 5.33. The second-order valence-electron chi connectivity index (χ2n) is 7.27. The molecule has 3 aromatic rings. The van der Waals surface area contributed by atoms with Gasteiger partial charge in [0.25, 0.3) is 0 Å². The summed E-state index contributed by atoms with van der Waals surface area (Å²) in [5, 5.41) is 9.25. The Morgan fingerprint density at radius 3 is 2.62 bits per heavy atom. The fraction of sp³-hybridized carbons (Fsp3) is 0.200. The number of carboxylic acid groups (broad SMARTS) is 1. The first-order valence-corrected chi connectivity index (χ1v) is 9.82. The lowest BCUT2D eigenvalue weighted by atomic mass is 9.99. The molecule has 2 aromatic carbocycles. The largest absolute Gasteiger partial charge is 0.489 e. The third-order valence-electron chi connectivity index (χ3n) is 5.33. The van der Waals surface area contributed by atoms with Crippen LogP contribution in [-0.4, -0.2) is 16.1 Å². The Labute approximate surface area is 170 Å². The van der Waals surface area contributed by atoms with Crippen molar-refractivity contribution in [2.24, 2.45) is 0 Å². The van der Waals surface area contributed by atoms with Gasteiger partial charge in [0.15, 0.2) is 0 Å². The zero-order valence-corrected chi connectivity index (χ0v) is 16.4. The van der Waals surface area contributed by atoms with Gasteiger partial charge in [0.1, 0.15) is 18.1 Å². The molecule has 1 heterocycles. The number of nitrogens with zero attached hydrogens (tertiary/aromatic N) is 1. The molecule has 0 aliphatic heterocycles. The van der Waals surface area contributed by atoms with E-state index in [-0.39, 0.29) is 5.69 Å². The van der Waals surface area contributed by atoms with Crippen molar-refractivity contribution in [1.29, 1.82) is 0 Å². The first kappa shape index (κ1) is 18.9. The van der Waals surface area contributed by atoms with Crippen LogP contribution in [0.3, 0.4) is 0 Å². The van der Waals surface area contributed by atoms with Crippen LogP contribution in [0.2, 0.25) is 0 Å². The molecular weight excluding hydrogens is 362 g/mol. The maximum Gasteiger partial charge on any atom is 0.354 e.